The van der Waals surface area contributed by atoms with Gasteiger partial charge in [0.15, 0.2) is 6.61 Å². The van der Waals surface area contributed by atoms with E-state index in [4.69, 9.17) is 4.74 Å². The number of carbonyl (C=O) groups is 4. The van der Waals surface area contributed by atoms with Crippen molar-refractivity contribution in [2.45, 2.75) is 13.8 Å². The Labute approximate surface area is 202 Å². The lowest BCUT2D eigenvalue weighted by atomic mass is 10.1. The molecule has 1 fully saturated rings. The van der Waals surface area contributed by atoms with E-state index in [0.717, 1.165) is 16.0 Å². The zero-order chi connectivity index (χ0) is 24.9. The molecule has 4 rings (SSSR count). The molecule has 35 heavy (non-hydrogen) atoms. The molecule has 8 heteroatoms. The van der Waals surface area contributed by atoms with Crippen LogP contribution in [0.15, 0.2) is 78.4 Å². The van der Waals surface area contributed by atoms with Gasteiger partial charge in [0.2, 0.25) is 0 Å². The van der Waals surface area contributed by atoms with E-state index in [0.29, 0.717) is 22.7 Å². The maximum Gasteiger partial charge on any atom is 0.335 e. The molecule has 0 atom stereocenters. The highest BCUT2D eigenvalue weighted by atomic mass is 16.5. The molecule has 2 N–H and O–H groups in total. The summed E-state index contributed by atoms with van der Waals surface area (Å²) in [5.74, 6) is -1.46. The number of nitrogens with zero attached hydrogens (tertiary/aromatic N) is 1. The molecule has 1 heterocycles. The zero-order valence-corrected chi connectivity index (χ0v) is 19.2. The lowest BCUT2D eigenvalue weighted by Gasteiger charge is -2.26. The number of rotatable bonds is 6. The highest BCUT2D eigenvalue weighted by Crippen LogP contribution is 2.23. The van der Waals surface area contributed by atoms with E-state index in [1.807, 2.05) is 32.0 Å². The summed E-state index contributed by atoms with van der Waals surface area (Å²) >= 11 is 0. The van der Waals surface area contributed by atoms with Crippen LogP contribution in [0, 0.1) is 13.8 Å². The number of amides is 5. The van der Waals surface area contributed by atoms with E-state index >= 15 is 0 Å². The lowest BCUT2D eigenvalue weighted by Crippen LogP contribution is -2.54. The second-order valence-electron chi connectivity index (χ2n) is 8.00. The first-order chi connectivity index (χ1) is 16.8. The van der Waals surface area contributed by atoms with Crippen LogP contribution in [-0.2, 0) is 14.4 Å². The van der Waals surface area contributed by atoms with Crippen molar-refractivity contribution in [1.29, 1.82) is 0 Å². The van der Waals surface area contributed by atoms with Crippen LogP contribution in [0.1, 0.15) is 16.7 Å². The highest BCUT2D eigenvalue weighted by Gasteiger charge is 2.36. The first kappa shape index (κ1) is 23.4. The van der Waals surface area contributed by atoms with E-state index in [-0.39, 0.29) is 18.1 Å². The Kier molecular flexibility index (Phi) is 6.73. The lowest BCUT2D eigenvalue weighted by molar-refractivity contribution is -0.122. The summed E-state index contributed by atoms with van der Waals surface area (Å²) in [6.07, 6.45) is 1.38. The maximum atomic E-state index is 13.0. The molecule has 8 nitrogen and oxygen atoms in total. The van der Waals surface area contributed by atoms with Crippen molar-refractivity contribution in [2.75, 3.05) is 16.8 Å². The average Bonchev–Trinajstić information content (AvgIpc) is 2.84. The molecule has 5 amide bonds. The topological polar surface area (TPSA) is 105 Å². The molecule has 1 aliphatic heterocycles. The van der Waals surface area contributed by atoms with Crippen LogP contribution in [0.4, 0.5) is 16.2 Å². The molecule has 0 saturated carbocycles. The Bertz CT molecular complexity index is 1350. The molecule has 0 aromatic heterocycles. The Morgan fingerprint density at radius 2 is 1.71 bits per heavy atom. The van der Waals surface area contributed by atoms with Gasteiger partial charge in [0.05, 0.1) is 5.69 Å². The summed E-state index contributed by atoms with van der Waals surface area (Å²) in [6.45, 7) is 3.74. The SMILES string of the molecule is Cc1ccc(NC(=O)COc2cccc(/C=C3/C(=O)NC(=O)N(c4ccccc4)C3=O)c2)cc1C. The largest absolute Gasteiger partial charge is 0.484 e. The fourth-order valence-corrected chi connectivity index (χ4v) is 3.49. The number of anilines is 2. The van der Waals surface area contributed by atoms with Gasteiger partial charge < -0.3 is 10.1 Å². The Balaban J connectivity index is 1.46. The van der Waals surface area contributed by atoms with Crippen LogP contribution in [-0.4, -0.2) is 30.4 Å². The third kappa shape index (κ3) is 5.44. The number of nitrogens with one attached hydrogen (secondary N) is 2. The fraction of sp³-hybridized carbons (Fsp3) is 0.111. The van der Waals surface area contributed by atoms with E-state index < -0.39 is 17.8 Å². The monoisotopic (exact) mass is 469 g/mol. The molecule has 3 aromatic carbocycles. The summed E-state index contributed by atoms with van der Waals surface area (Å²) in [5.41, 5.74) is 3.53. The van der Waals surface area contributed by atoms with Gasteiger partial charge in [-0.25, -0.2) is 9.69 Å². The Morgan fingerprint density at radius 3 is 2.46 bits per heavy atom. The molecule has 176 valence electrons. The van der Waals surface area contributed by atoms with Crippen molar-refractivity contribution in [3.63, 3.8) is 0 Å². The number of carbonyl (C=O) groups excluding carboxylic acids is 4. The van der Waals surface area contributed by atoms with Gasteiger partial charge in [-0.05, 0) is 73.0 Å². The van der Waals surface area contributed by atoms with E-state index in [2.05, 4.69) is 10.6 Å². The van der Waals surface area contributed by atoms with Crippen molar-refractivity contribution in [2.24, 2.45) is 0 Å². The van der Waals surface area contributed by atoms with Gasteiger partial charge in [0, 0.05) is 5.69 Å². The minimum absolute atomic E-state index is 0.196. The van der Waals surface area contributed by atoms with Crippen LogP contribution in [0.25, 0.3) is 6.08 Å². The van der Waals surface area contributed by atoms with Gasteiger partial charge in [0.25, 0.3) is 17.7 Å². The molecule has 0 bridgehead atoms. The van der Waals surface area contributed by atoms with Crippen LogP contribution >= 0.6 is 0 Å². The molecule has 0 aliphatic carbocycles. The summed E-state index contributed by atoms with van der Waals surface area (Å²) in [6, 6.07) is 19.8. The summed E-state index contributed by atoms with van der Waals surface area (Å²) in [5, 5.41) is 4.97. The summed E-state index contributed by atoms with van der Waals surface area (Å²) in [4.78, 5) is 50.8. The molecule has 1 aliphatic rings. The summed E-state index contributed by atoms with van der Waals surface area (Å²) < 4.78 is 5.59. The summed E-state index contributed by atoms with van der Waals surface area (Å²) in [7, 11) is 0. The first-order valence-corrected chi connectivity index (χ1v) is 10.9. The Hall–Kier alpha value is -4.72. The smallest absolute Gasteiger partial charge is 0.335 e. The van der Waals surface area contributed by atoms with Crippen molar-refractivity contribution in [3.05, 3.63) is 95.1 Å². The van der Waals surface area contributed by atoms with Gasteiger partial charge in [-0.3, -0.25) is 19.7 Å². The minimum atomic E-state index is -0.810. The van der Waals surface area contributed by atoms with Gasteiger partial charge in [-0.2, -0.15) is 0 Å². The second-order valence-corrected chi connectivity index (χ2v) is 8.00. The number of aryl methyl sites for hydroxylation is 2. The normalized spacial score (nSPS) is 14.6. The maximum absolute atomic E-state index is 13.0. The van der Waals surface area contributed by atoms with Crippen LogP contribution in [0.2, 0.25) is 0 Å². The quantitative estimate of drug-likeness (QED) is 0.420. The third-order valence-electron chi connectivity index (χ3n) is 5.45. The number of urea groups is 1. The Morgan fingerprint density at radius 1 is 0.943 bits per heavy atom. The molecule has 1 saturated heterocycles. The number of hydrogen-bond donors (Lipinski definition) is 2. The second kappa shape index (κ2) is 10.0. The molecule has 0 spiro atoms. The van der Waals surface area contributed by atoms with E-state index in [1.165, 1.54) is 6.08 Å². The van der Waals surface area contributed by atoms with Crippen molar-refractivity contribution < 1.29 is 23.9 Å². The number of benzene rings is 3. The molecule has 0 radical (unpaired) electrons. The zero-order valence-electron chi connectivity index (χ0n) is 19.2. The van der Waals surface area contributed by atoms with E-state index in [1.54, 1.807) is 54.6 Å². The third-order valence-corrected chi connectivity index (χ3v) is 5.45. The number of hydrogen-bond acceptors (Lipinski definition) is 5. The van der Waals surface area contributed by atoms with Crippen molar-refractivity contribution in [3.8, 4) is 5.75 Å². The van der Waals surface area contributed by atoms with Crippen LogP contribution in [0.5, 0.6) is 5.75 Å². The molecule has 3 aromatic rings. The fourth-order valence-electron chi connectivity index (χ4n) is 3.49. The van der Waals surface area contributed by atoms with Crippen LogP contribution < -0.4 is 20.3 Å². The highest BCUT2D eigenvalue weighted by molar-refractivity contribution is 6.39. The number of ether oxygens (including phenoxy) is 1. The standard InChI is InChI=1S/C27H23N3O5/c1-17-11-12-20(13-18(17)2)28-24(31)16-35-22-10-6-7-19(14-22)15-23-25(32)29-27(34)30(26(23)33)21-8-4-3-5-9-21/h3-15H,16H2,1-2H3,(H,28,31)(H,29,32,34)/b23-15-. The molecular formula is C27H23N3O5. The van der Waals surface area contributed by atoms with Gasteiger partial charge in [-0.15, -0.1) is 0 Å². The van der Waals surface area contributed by atoms with Gasteiger partial charge >= 0.3 is 6.03 Å². The van der Waals surface area contributed by atoms with Crippen LogP contribution in [0.3, 0.4) is 0 Å². The van der Waals surface area contributed by atoms with Crippen molar-refractivity contribution >= 4 is 41.2 Å². The molecular weight excluding hydrogens is 446 g/mol. The number of imide groups is 2. The predicted octanol–water partition coefficient (Wildman–Crippen LogP) is 3.99. The van der Waals surface area contributed by atoms with E-state index in [9.17, 15) is 19.2 Å². The first-order valence-electron chi connectivity index (χ1n) is 10.9. The minimum Gasteiger partial charge on any atom is -0.484 e. The molecule has 0 unspecified atom stereocenters. The number of barbiturate groups is 1. The predicted molar refractivity (Wildman–Crippen MR) is 132 cm³/mol. The average molecular weight is 469 g/mol. The van der Waals surface area contributed by atoms with Gasteiger partial charge in [-0.1, -0.05) is 36.4 Å². The number of para-hydroxylation sites is 1. The van der Waals surface area contributed by atoms with Crippen molar-refractivity contribution in [1.82, 2.24) is 5.32 Å². The van der Waals surface area contributed by atoms with Gasteiger partial charge in [0.1, 0.15) is 11.3 Å².